The number of nitrogens with zero attached hydrogens (tertiary/aromatic N) is 2. The van der Waals surface area contributed by atoms with Crippen molar-refractivity contribution in [1.29, 1.82) is 0 Å². The minimum atomic E-state index is -0.885. The van der Waals surface area contributed by atoms with E-state index in [1.165, 1.54) is 18.6 Å². The molecule has 2 aromatic carbocycles. The van der Waals surface area contributed by atoms with Gasteiger partial charge in [-0.1, -0.05) is 36.4 Å². The number of likely N-dealkylation sites (N-methyl/N-ethyl adjacent to an activating group) is 1. The van der Waals surface area contributed by atoms with Crippen molar-refractivity contribution in [3.8, 4) is 0 Å². The number of carbonyl (C=O) groups excluding carboxylic acids is 1. The van der Waals surface area contributed by atoms with E-state index in [0.29, 0.717) is 25.2 Å². The zero-order valence-electron chi connectivity index (χ0n) is 15.3. The van der Waals surface area contributed by atoms with Crippen molar-refractivity contribution >= 4 is 11.5 Å². The van der Waals surface area contributed by atoms with Gasteiger partial charge in [0.05, 0.1) is 16.9 Å². The standard InChI is InChI=1S/C21H25FN2O2/c1-16(25)20-18(22)9-6-10-19(20)23(2)14-21(26)11-12-24(15-21)13-17-7-4-3-5-8-17/h3-10,26H,11-15H2,1-2H3. The maximum Gasteiger partial charge on any atom is 0.164 e. The minimum Gasteiger partial charge on any atom is -0.387 e. The Morgan fingerprint density at radius 1 is 1.23 bits per heavy atom. The fourth-order valence-corrected chi connectivity index (χ4v) is 3.75. The van der Waals surface area contributed by atoms with E-state index in [1.54, 1.807) is 24.1 Å². The quantitative estimate of drug-likeness (QED) is 0.808. The topological polar surface area (TPSA) is 43.8 Å². The number of hydrogen-bond donors (Lipinski definition) is 1. The van der Waals surface area contributed by atoms with E-state index in [9.17, 15) is 14.3 Å². The Kier molecular flexibility index (Phi) is 5.39. The van der Waals surface area contributed by atoms with E-state index in [1.807, 2.05) is 18.2 Å². The molecule has 5 heteroatoms. The molecule has 26 heavy (non-hydrogen) atoms. The number of anilines is 1. The van der Waals surface area contributed by atoms with Crippen LogP contribution in [0.4, 0.5) is 10.1 Å². The number of β-amino-alcohol motifs (C(OH)–C–C–N with tert-alkyl or cyclic N) is 1. The predicted molar refractivity (Wildman–Crippen MR) is 101 cm³/mol. The molecule has 1 N–H and O–H groups in total. The average Bonchev–Trinajstić information content (AvgIpc) is 2.95. The number of carbonyl (C=O) groups is 1. The van der Waals surface area contributed by atoms with Crippen molar-refractivity contribution < 1.29 is 14.3 Å². The molecule has 1 aliphatic rings. The number of Topliss-reactive ketones (excluding diaryl/α,β-unsaturated/α-hetero) is 1. The first-order valence-corrected chi connectivity index (χ1v) is 8.87. The van der Waals surface area contributed by atoms with Gasteiger partial charge in [-0.15, -0.1) is 0 Å². The summed E-state index contributed by atoms with van der Waals surface area (Å²) < 4.78 is 14.1. The molecule has 1 unspecified atom stereocenters. The van der Waals surface area contributed by atoms with Gasteiger partial charge in [0.2, 0.25) is 0 Å². The van der Waals surface area contributed by atoms with Crippen LogP contribution in [-0.4, -0.2) is 48.1 Å². The first-order chi connectivity index (χ1) is 12.4. The van der Waals surface area contributed by atoms with Gasteiger partial charge >= 0.3 is 0 Å². The Balaban J connectivity index is 1.69. The lowest BCUT2D eigenvalue weighted by molar-refractivity contribution is 0.0561. The Hall–Kier alpha value is -2.24. The highest BCUT2D eigenvalue weighted by molar-refractivity contribution is 6.00. The zero-order valence-corrected chi connectivity index (χ0v) is 15.3. The van der Waals surface area contributed by atoms with E-state index in [0.717, 1.165) is 13.1 Å². The molecule has 1 saturated heterocycles. The average molecular weight is 356 g/mol. The molecule has 4 nitrogen and oxygen atoms in total. The van der Waals surface area contributed by atoms with Gasteiger partial charge in [-0.25, -0.2) is 4.39 Å². The van der Waals surface area contributed by atoms with E-state index >= 15 is 0 Å². The van der Waals surface area contributed by atoms with Crippen molar-refractivity contribution in [2.24, 2.45) is 0 Å². The van der Waals surface area contributed by atoms with Crippen molar-refractivity contribution in [3.05, 3.63) is 65.5 Å². The maximum atomic E-state index is 14.1. The smallest absolute Gasteiger partial charge is 0.164 e. The largest absolute Gasteiger partial charge is 0.387 e. The summed E-state index contributed by atoms with van der Waals surface area (Å²) in [5.41, 5.74) is 0.934. The van der Waals surface area contributed by atoms with Gasteiger partial charge in [0.15, 0.2) is 5.78 Å². The van der Waals surface area contributed by atoms with Crippen LogP contribution in [-0.2, 0) is 6.54 Å². The molecule has 1 atom stereocenters. The first-order valence-electron chi connectivity index (χ1n) is 8.87. The molecule has 138 valence electrons. The summed E-state index contributed by atoms with van der Waals surface area (Å²) in [7, 11) is 1.79. The third kappa shape index (κ3) is 4.11. The summed E-state index contributed by atoms with van der Waals surface area (Å²) in [6.45, 7) is 3.87. The molecule has 2 aromatic rings. The third-order valence-electron chi connectivity index (χ3n) is 4.95. The first kappa shape index (κ1) is 18.5. The van der Waals surface area contributed by atoms with Crippen LogP contribution < -0.4 is 4.90 Å². The number of likely N-dealkylation sites (tertiary alicyclic amines) is 1. The highest BCUT2D eigenvalue weighted by Crippen LogP contribution is 2.28. The number of ketones is 1. The van der Waals surface area contributed by atoms with E-state index in [-0.39, 0.29) is 11.3 Å². The lowest BCUT2D eigenvalue weighted by Gasteiger charge is -2.31. The number of hydrogen-bond acceptors (Lipinski definition) is 4. The number of benzene rings is 2. The van der Waals surface area contributed by atoms with Crippen LogP contribution in [0.15, 0.2) is 48.5 Å². The molecule has 0 aliphatic carbocycles. The molecule has 0 bridgehead atoms. The summed E-state index contributed by atoms with van der Waals surface area (Å²) in [4.78, 5) is 15.8. The lowest BCUT2D eigenvalue weighted by Crippen LogP contribution is -2.44. The highest BCUT2D eigenvalue weighted by Gasteiger charge is 2.37. The van der Waals surface area contributed by atoms with Gasteiger partial charge < -0.3 is 10.0 Å². The number of aliphatic hydroxyl groups is 1. The third-order valence-corrected chi connectivity index (χ3v) is 4.95. The van der Waals surface area contributed by atoms with Crippen LogP contribution in [0.3, 0.4) is 0 Å². The number of halogens is 1. The van der Waals surface area contributed by atoms with E-state index in [4.69, 9.17) is 0 Å². The Morgan fingerprint density at radius 2 is 1.96 bits per heavy atom. The van der Waals surface area contributed by atoms with E-state index in [2.05, 4.69) is 17.0 Å². The molecule has 0 radical (unpaired) electrons. The van der Waals surface area contributed by atoms with Crippen LogP contribution in [0, 0.1) is 5.82 Å². The Labute approximate surface area is 153 Å². The zero-order chi connectivity index (χ0) is 18.7. The maximum absolute atomic E-state index is 14.1. The normalized spacial score (nSPS) is 20.3. The fraction of sp³-hybridized carbons (Fsp3) is 0.381. The minimum absolute atomic E-state index is 0.0812. The monoisotopic (exact) mass is 356 g/mol. The van der Waals surface area contributed by atoms with Crippen LogP contribution in [0.1, 0.15) is 29.3 Å². The molecule has 0 amide bonds. The Bertz CT molecular complexity index is 781. The molecular weight excluding hydrogens is 331 g/mol. The van der Waals surface area contributed by atoms with Gasteiger partial charge in [0, 0.05) is 33.2 Å². The van der Waals surface area contributed by atoms with Crippen molar-refractivity contribution in [2.45, 2.75) is 25.5 Å². The summed E-state index contributed by atoms with van der Waals surface area (Å²) in [6.07, 6.45) is 0.648. The van der Waals surface area contributed by atoms with Crippen LogP contribution in [0.5, 0.6) is 0 Å². The highest BCUT2D eigenvalue weighted by atomic mass is 19.1. The SMILES string of the molecule is CC(=O)c1c(F)cccc1N(C)CC1(O)CCN(Cc2ccccc2)C1. The number of rotatable bonds is 6. The van der Waals surface area contributed by atoms with Crippen LogP contribution in [0.25, 0.3) is 0 Å². The molecule has 0 saturated carbocycles. The van der Waals surface area contributed by atoms with Gasteiger partial charge in [0.25, 0.3) is 0 Å². The molecule has 0 spiro atoms. The summed E-state index contributed by atoms with van der Waals surface area (Å²) in [5.74, 6) is -0.833. The van der Waals surface area contributed by atoms with Crippen molar-refractivity contribution in [1.82, 2.24) is 4.90 Å². The molecular formula is C21H25FN2O2. The molecule has 0 aromatic heterocycles. The van der Waals surface area contributed by atoms with Crippen molar-refractivity contribution in [3.63, 3.8) is 0 Å². The van der Waals surface area contributed by atoms with Crippen molar-refractivity contribution in [2.75, 3.05) is 31.6 Å². The molecule has 3 rings (SSSR count). The van der Waals surface area contributed by atoms with Gasteiger partial charge in [0.1, 0.15) is 5.82 Å². The molecule has 1 heterocycles. The lowest BCUT2D eigenvalue weighted by atomic mass is 10.0. The van der Waals surface area contributed by atoms with Crippen LogP contribution >= 0.6 is 0 Å². The second kappa shape index (κ2) is 7.56. The second-order valence-electron chi connectivity index (χ2n) is 7.22. The van der Waals surface area contributed by atoms with Gasteiger partial charge in [-0.3, -0.25) is 9.69 Å². The van der Waals surface area contributed by atoms with E-state index < -0.39 is 11.4 Å². The predicted octanol–water partition coefficient (Wildman–Crippen LogP) is 3.10. The summed E-state index contributed by atoms with van der Waals surface area (Å²) >= 11 is 0. The summed E-state index contributed by atoms with van der Waals surface area (Å²) in [5, 5.41) is 11.0. The molecule has 1 aliphatic heterocycles. The second-order valence-corrected chi connectivity index (χ2v) is 7.22. The Morgan fingerprint density at radius 3 is 2.65 bits per heavy atom. The fourth-order valence-electron chi connectivity index (χ4n) is 3.75. The van der Waals surface area contributed by atoms with Gasteiger partial charge in [-0.05, 0) is 31.0 Å². The summed E-state index contributed by atoms with van der Waals surface area (Å²) in [6, 6.07) is 14.8. The van der Waals surface area contributed by atoms with Gasteiger partial charge in [-0.2, -0.15) is 0 Å². The van der Waals surface area contributed by atoms with Crippen LogP contribution in [0.2, 0.25) is 0 Å². The molecule has 1 fully saturated rings.